The Kier molecular flexibility index (Phi) is 6.72. The molecule has 0 aliphatic carbocycles. The molecule has 0 radical (unpaired) electrons. The van der Waals surface area contributed by atoms with E-state index in [-0.39, 0.29) is 30.0 Å². The molecule has 1 aliphatic heterocycles. The quantitative estimate of drug-likeness (QED) is 0.365. The highest BCUT2D eigenvalue weighted by molar-refractivity contribution is 6.03. The van der Waals surface area contributed by atoms with E-state index in [1.165, 1.54) is 30.3 Å². The molecular weight excluding hydrogens is 438 g/mol. The molecule has 4 rings (SSSR count). The van der Waals surface area contributed by atoms with Gasteiger partial charge in [-0.1, -0.05) is 42.5 Å². The van der Waals surface area contributed by atoms with Crippen LogP contribution in [-0.2, 0) is 4.79 Å². The molecule has 1 atom stereocenters. The number of carbonyl (C=O) groups is 1. The number of ether oxygens (including phenoxy) is 3. The molecule has 1 heterocycles. The standard InChI is InChI=1S/C25H23N3O6/c1-32-20-11-8-18(9-12-20)22-15-21(17-6-4-3-5-7-17)26-27(22)25(29)16-34-24-14-19(28(30)31)10-13-23(24)33-2/h3-14,22H,15-16H2,1-2H3. The number of methoxy groups -OCH3 is 2. The van der Waals surface area contributed by atoms with Gasteiger partial charge in [0.25, 0.3) is 11.6 Å². The summed E-state index contributed by atoms with van der Waals surface area (Å²) in [6, 6.07) is 20.8. The Morgan fingerprint density at radius 2 is 1.76 bits per heavy atom. The van der Waals surface area contributed by atoms with E-state index < -0.39 is 4.92 Å². The summed E-state index contributed by atoms with van der Waals surface area (Å²) in [6.45, 7) is -0.365. The maximum Gasteiger partial charge on any atom is 0.281 e. The van der Waals surface area contributed by atoms with E-state index in [1.807, 2.05) is 54.6 Å². The monoisotopic (exact) mass is 461 g/mol. The van der Waals surface area contributed by atoms with Gasteiger partial charge in [0.1, 0.15) is 5.75 Å². The van der Waals surface area contributed by atoms with E-state index in [4.69, 9.17) is 14.2 Å². The predicted molar refractivity (Wildman–Crippen MR) is 125 cm³/mol. The van der Waals surface area contributed by atoms with Crippen molar-refractivity contribution in [3.8, 4) is 17.2 Å². The number of carbonyl (C=O) groups excluding carboxylic acids is 1. The first kappa shape index (κ1) is 22.8. The summed E-state index contributed by atoms with van der Waals surface area (Å²) in [6.07, 6.45) is 0.530. The van der Waals surface area contributed by atoms with Crippen molar-refractivity contribution in [3.63, 3.8) is 0 Å². The van der Waals surface area contributed by atoms with Crippen LogP contribution in [0.5, 0.6) is 17.2 Å². The highest BCUT2D eigenvalue weighted by Gasteiger charge is 2.33. The number of hydrogen-bond donors (Lipinski definition) is 0. The van der Waals surface area contributed by atoms with Crippen molar-refractivity contribution >= 4 is 17.3 Å². The summed E-state index contributed by atoms with van der Waals surface area (Å²) in [5.41, 5.74) is 2.45. The molecule has 9 nitrogen and oxygen atoms in total. The Balaban J connectivity index is 1.59. The van der Waals surface area contributed by atoms with Crippen molar-refractivity contribution in [2.24, 2.45) is 5.10 Å². The molecule has 0 saturated heterocycles. The van der Waals surface area contributed by atoms with Crippen LogP contribution in [0.2, 0.25) is 0 Å². The summed E-state index contributed by atoms with van der Waals surface area (Å²) >= 11 is 0. The summed E-state index contributed by atoms with van der Waals surface area (Å²) in [7, 11) is 3.02. The molecule has 34 heavy (non-hydrogen) atoms. The number of non-ortho nitro benzene ring substituents is 1. The van der Waals surface area contributed by atoms with Crippen LogP contribution in [0.25, 0.3) is 0 Å². The molecule has 0 spiro atoms. The van der Waals surface area contributed by atoms with Crippen LogP contribution in [0.4, 0.5) is 5.69 Å². The average Bonchev–Trinajstić information content (AvgIpc) is 3.33. The maximum absolute atomic E-state index is 13.2. The van der Waals surface area contributed by atoms with Crippen molar-refractivity contribution in [2.75, 3.05) is 20.8 Å². The maximum atomic E-state index is 13.2. The Bertz CT molecular complexity index is 1210. The van der Waals surface area contributed by atoms with Crippen LogP contribution in [0.1, 0.15) is 23.6 Å². The smallest absolute Gasteiger partial charge is 0.281 e. The number of nitro groups is 1. The summed E-state index contributed by atoms with van der Waals surface area (Å²) in [5.74, 6) is 0.725. The molecule has 0 fully saturated rings. The number of amides is 1. The molecule has 0 saturated carbocycles. The number of hydrogen-bond acceptors (Lipinski definition) is 7. The van der Waals surface area contributed by atoms with Crippen LogP contribution in [0.3, 0.4) is 0 Å². The number of benzene rings is 3. The fraction of sp³-hybridized carbons (Fsp3) is 0.200. The van der Waals surface area contributed by atoms with Gasteiger partial charge >= 0.3 is 0 Å². The van der Waals surface area contributed by atoms with Crippen LogP contribution < -0.4 is 14.2 Å². The number of rotatable bonds is 8. The van der Waals surface area contributed by atoms with E-state index in [2.05, 4.69) is 5.10 Å². The first-order valence-corrected chi connectivity index (χ1v) is 10.5. The number of nitrogens with zero attached hydrogens (tertiary/aromatic N) is 3. The lowest BCUT2D eigenvalue weighted by Gasteiger charge is -2.22. The first-order valence-electron chi connectivity index (χ1n) is 10.5. The SMILES string of the molecule is COc1ccc(C2CC(c3ccccc3)=NN2C(=O)COc2cc([N+](=O)[O-])ccc2OC)cc1. The van der Waals surface area contributed by atoms with Gasteiger partial charge in [-0.25, -0.2) is 5.01 Å². The molecule has 1 amide bonds. The van der Waals surface area contributed by atoms with Crippen molar-refractivity contribution in [3.05, 3.63) is 94.0 Å². The number of nitro benzene ring substituents is 1. The molecule has 1 unspecified atom stereocenters. The second-order valence-corrected chi connectivity index (χ2v) is 7.53. The van der Waals surface area contributed by atoms with Gasteiger partial charge in [0.15, 0.2) is 18.1 Å². The Morgan fingerprint density at radius 3 is 2.41 bits per heavy atom. The fourth-order valence-corrected chi connectivity index (χ4v) is 3.73. The molecular formula is C25H23N3O6. The van der Waals surface area contributed by atoms with Gasteiger partial charge in [-0.15, -0.1) is 0 Å². The molecule has 3 aromatic carbocycles. The minimum atomic E-state index is -0.537. The third kappa shape index (κ3) is 4.83. The summed E-state index contributed by atoms with van der Waals surface area (Å²) in [5, 5.41) is 17.1. The zero-order valence-corrected chi connectivity index (χ0v) is 18.7. The van der Waals surface area contributed by atoms with Crippen molar-refractivity contribution in [2.45, 2.75) is 12.5 Å². The van der Waals surface area contributed by atoms with Gasteiger partial charge in [-0.3, -0.25) is 14.9 Å². The van der Waals surface area contributed by atoms with Crippen molar-refractivity contribution in [1.82, 2.24) is 5.01 Å². The molecule has 9 heteroatoms. The summed E-state index contributed by atoms with van der Waals surface area (Å²) < 4.78 is 16.1. The van der Waals surface area contributed by atoms with Gasteiger partial charge in [-0.2, -0.15) is 5.10 Å². The Morgan fingerprint density at radius 1 is 1.03 bits per heavy atom. The van der Waals surface area contributed by atoms with Crippen LogP contribution >= 0.6 is 0 Å². The Hall–Kier alpha value is -4.40. The molecule has 0 bridgehead atoms. The lowest BCUT2D eigenvalue weighted by molar-refractivity contribution is -0.385. The summed E-state index contributed by atoms with van der Waals surface area (Å²) in [4.78, 5) is 23.8. The zero-order chi connectivity index (χ0) is 24.1. The lowest BCUT2D eigenvalue weighted by atomic mass is 9.98. The van der Waals surface area contributed by atoms with E-state index >= 15 is 0 Å². The third-order valence-electron chi connectivity index (χ3n) is 5.48. The Labute approximate surface area is 196 Å². The van der Waals surface area contributed by atoms with Gasteiger partial charge in [0, 0.05) is 12.5 Å². The first-order chi connectivity index (χ1) is 16.5. The topological polar surface area (TPSA) is 104 Å². The minimum Gasteiger partial charge on any atom is -0.497 e. The van der Waals surface area contributed by atoms with Crippen molar-refractivity contribution < 1.29 is 23.9 Å². The predicted octanol–water partition coefficient (Wildman–Crippen LogP) is 4.37. The van der Waals surface area contributed by atoms with E-state index in [0.717, 1.165) is 16.8 Å². The van der Waals surface area contributed by atoms with Crippen LogP contribution in [0, 0.1) is 10.1 Å². The minimum absolute atomic E-state index is 0.109. The van der Waals surface area contributed by atoms with Gasteiger partial charge in [0.05, 0.1) is 37.0 Å². The van der Waals surface area contributed by atoms with E-state index in [0.29, 0.717) is 17.9 Å². The van der Waals surface area contributed by atoms with Crippen LogP contribution in [0.15, 0.2) is 77.9 Å². The number of hydrazone groups is 1. The molecule has 1 aliphatic rings. The lowest BCUT2D eigenvalue weighted by Crippen LogP contribution is -2.31. The van der Waals surface area contributed by atoms with Gasteiger partial charge < -0.3 is 14.2 Å². The largest absolute Gasteiger partial charge is 0.497 e. The molecule has 0 aromatic heterocycles. The molecule has 174 valence electrons. The zero-order valence-electron chi connectivity index (χ0n) is 18.7. The normalized spacial score (nSPS) is 14.9. The van der Waals surface area contributed by atoms with Crippen molar-refractivity contribution in [1.29, 1.82) is 0 Å². The van der Waals surface area contributed by atoms with E-state index in [1.54, 1.807) is 7.11 Å². The molecule has 0 N–H and O–H groups in total. The highest BCUT2D eigenvalue weighted by atomic mass is 16.6. The van der Waals surface area contributed by atoms with E-state index in [9.17, 15) is 14.9 Å². The fourth-order valence-electron chi connectivity index (χ4n) is 3.73. The third-order valence-corrected chi connectivity index (χ3v) is 5.48. The van der Waals surface area contributed by atoms with Crippen LogP contribution in [-0.4, -0.2) is 42.4 Å². The average molecular weight is 461 g/mol. The van der Waals surface area contributed by atoms with Gasteiger partial charge in [0.2, 0.25) is 0 Å². The second-order valence-electron chi connectivity index (χ2n) is 7.53. The highest BCUT2D eigenvalue weighted by Crippen LogP contribution is 2.35. The second kappa shape index (κ2) is 10.0. The molecule has 3 aromatic rings. The van der Waals surface area contributed by atoms with Gasteiger partial charge in [-0.05, 0) is 29.3 Å².